The molecule has 0 radical (unpaired) electrons. The van der Waals surface area contributed by atoms with E-state index < -0.39 is 23.4 Å². The first-order valence-corrected chi connectivity index (χ1v) is 5.07. The largest absolute Gasteiger partial charge is 0.509 e. The second kappa shape index (κ2) is 5.12. The summed E-state index contributed by atoms with van der Waals surface area (Å²) in [4.78, 5) is 11.2. The highest BCUT2D eigenvalue weighted by atomic mass is 19.2. The molecule has 0 unspecified atom stereocenters. The molecule has 0 saturated carbocycles. The molecule has 3 nitrogen and oxygen atoms in total. The maximum absolute atomic E-state index is 12.8. The van der Waals surface area contributed by atoms with Crippen molar-refractivity contribution in [3.05, 3.63) is 35.4 Å². The van der Waals surface area contributed by atoms with Crippen molar-refractivity contribution in [1.82, 2.24) is 0 Å². The van der Waals surface area contributed by atoms with Gasteiger partial charge < -0.3 is 9.47 Å². The number of hydrogen-bond donors (Lipinski definition) is 0. The average Bonchev–Trinajstić information content (AvgIpc) is 2.17. The van der Waals surface area contributed by atoms with Gasteiger partial charge in [0, 0.05) is 0 Å². The van der Waals surface area contributed by atoms with Crippen LogP contribution in [-0.2, 0) is 16.1 Å². The van der Waals surface area contributed by atoms with E-state index in [4.69, 9.17) is 9.47 Å². The first-order chi connectivity index (χ1) is 7.78. The molecule has 0 aliphatic heterocycles. The van der Waals surface area contributed by atoms with Crippen molar-refractivity contribution in [3.8, 4) is 0 Å². The number of hydrogen-bond acceptors (Lipinski definition) is 3. The summed E-state index contributed by atoms with van der Waals surface area (Å²) in [6.45, 7) is 4.94. The normalized spacial score (nSPS) is 11.1. The van der Waals surface area contributed by atoms with Crippen LogP contribution in [0.3, 0.4) is 0 Å². The van der Waals surface area contributed by atoms with Crippen molar-refractivity contribution >= 4 is 6.16 Å². The molecule has 0 N–H and O–H groups in total. The summed E-state index contributed by atoms with van der Waals surface area (Å²) in [5, 5.41) is 0. The molecule has 0 aliphatic carbocycles. The van der Waals surface area contributed by atoms with Crippen molar-refractivity contribution in [1.29, 1.82) is 0 Å². The maximum atomic E-state index is 12.8. The minimum absolute atomic E-state index is 0.161. The quantitative estimate of drug-likeness (QED) is 0.748. The smallest absolute Gasteiger partial charge is 0.429 e. The standard InChI is InChI=1S/C12H14F2O3/c1-12(2,3)17-11(15)16-7-8-4-5-9(13)10(14)6-8/h4-6H,7H2,1-3H3. The summed E-state index contributed by atoms with van der Waals surface area (Å²) in [6.07, 6.45) is -0.845. The highest BCUT2D eigenvalue weighted by molar-refractivity contribution is 5.60. The van der Waals surface area contributed by atoms with Gasteiger partial charge in [0.15, 0.2) is 11.6 Å². The second-order valence-electron chi connectivity index (χ2n) is 4.50. The van der Waals surface area contributed by atoms with Gasteiger partial charge in [0.05, 0.1) is 0 Å². The predicted molar refractivity (Wildman–Crippen MR) is 57.4 cm³/mol. The Balaban J connectivity index is 2.50. The van der Waals surface area contributed by atoms with E-state index in [0.717, 1.165) is 12.1 Å². The van der Waals surface area contributed by atoms with E-state index >= 15 is 0 Å². The SMILES string of the molecule is CC(C)(C)OC(=O)OCc1ccc(F)c(F)c1. The van der Waals surface area contributed by atoms with E-state index in [1.54, 1.807) is 20.8 Å². The van der Waals surface area contributed by atoms with Crippen LogP contribution in [0.25, 0.3) is 0 Å². The number of benzene rings is 1. The van der Waals surface area contributed by atoms with Gasteiger partial charge in [-0.3, -0.25) is 0 Å². The lowest BCUT2D eigenvalue weighted by Gasteiger charge is -2.18. The zero-order valence-corrected chi connectivity index (χ0v) is 9.92. The van der Waals surface area contributed by atoms with Crippen molar-refractivity contribution in [2.45, 2.75) is 33.0 Å². The van der Waals surface area contributed by atoms with Gasteiger partial charge in [-0.2, -0.15) is 0 Å². The fourth-order valence-electron chi connectivity index (χ4n) is 1.05. The minimum atomic E-state index is -0.977. The van der Waals surface area contributed by atoms with Gasteiger partial charge in [-0.05, 0) is 38.5 Å². The van der Waals surface area contributed by atoms with Gasteiger partial charge in [0.25, 0.3) is 0 Å². The number of halogens is 2. The van der Waals surface area contributed by atoms with Gasteiger partial charge in [0.2, 0.25) is 0 Å². The van der Waals surface area contributed by atoms with Crippen LogP contribution in [0.5, 0.6) is 0 Å². The molecule has 17 heavy (non-hydrogen) atoms. The van der Waals surface area contributed by atoms with Crippen molar-refractivity contribution in [2.75, 3.05) is 0 Å². The molecule has 5 heteroatoms. The average molecular weight is 244 g/mol. The first-order valence-electron chi connectivity index (χ1n) is 5.07. The lowest BCUT2D eigenvalue weighted by atomic mass is 10.2. The summed E-state index contributed by atoms with van der Waals surface area (Å²) in [6, 6.07) is 3.28. The zero-order chi connectivity index (χ0) is 13.1. The van der Waals surface area contributed by atoms with Gasteiger partial charge in [-0.1, -0.05) is 6.07 Å². The topological polar surface area (TPSA) is 35.5 Å². The third-order valence-electron chi connectivity index (χ3n) is 1.73. The molecule has 0 spiro atoms. The van der Waals surface area contributed by atoms with E-state index in [1.165, 1.54) is 6.07 Å². The molecule has 0 aliphatic rings. The Morgan fingerprint density at radius 2 is 1.88 bits per heavy atom. The van der Waals surface area contributed by atoms with Crippen LogP contribution >= 0.6 is 0 Å². The summed E-state index contributed by atoms with van der Waals surface area (Å²) < 4.78 is 35.1. The highest BCUT2D eigenvalue weighted by Crippen LogP contribution is 2.12. The Labute approximate surface area is 98.3 Å². The molecular weight excluding hydrogens is 230 g/mol. The van der Waals surface area contributed by atoms with Crippen molar-refractivity contribution in [3.63, 3.8) is 0 Å². The van der Waals surface area contributed by atoms with E-state index in [9.17, 15) is 13.6 Å². The lowest BCUT2D eigenvalue weighted by molar-refractivity contribution is -0.0108. The van der Waals surface area contributed by atoms with Gasteiger partial charge in [-0.15, -0.1) is 0 Å². The Kier molecular flexibility index (Phi) is 4.04. The lowest BCUT2D eigenvalue weighted by Crippen LogP contribution is -2.24. The van der Waals surface area contributed by atoms with Gasteiger partial charge in [0.1, 0.15) is 12.2 Å². The molecule has 1 aromatic rings. The first kappa shape index (κ1) is 13.4. The van der Waals surface area contributed by atoms with Crippen LogP contribution in [0.15, 0.2) is 18.2 Å². The molecule has 1 rings (SSSR count). The van der Waals surface area contributed by atoms with Crippen LogP contribution in [0.2, 0.25) is 0 Å². The summed E-state index contributed by atoms with van der Waals surface area (Å²) >= 11 is 0. The summed E-state index contributed by atoms with van der Waals surface area (Å²) in [5.74, 6) is -1.92. The van der Waals surface area contributed by atoms with Crippen molar-refractivity contribution in [2.24, 2.45) is 0 Å². The fraction of sp³-hybridized carbons (Fsp3) is 0.417. The molecule has 0 amide bonds. The number of rotatable bonds is 2. The number of carbonyl (C=O) groups excluding carboxylic acids is 1. The third-order valence-corrected chi connectivity index (χ3v) is 1.73. The fourth-order valence-corrected chi connectivity index (χ4v) is 1.05. The summed E-state index contributed by atoms with van der Waals surface area (Å²) in [5.41, 5.74) is -0.291. The van der Waals surface area contributed by atoms with Crippen LogP contribution < -0.4 is 0 Å². The van der Waals surface area contributed by atoms with Crippen LogP contribution in [0, 0.1) is 11.6 Å². The third kappa shape index (κ3) is 4.80. The summed E-state index contributed by atoms with van der Waals surface area (Å²) in [7, 11) is 0. The Morgan fingerprint density at radius 3 is 2.41 bits per heavy atom. The van der Waals surface area contributed by atoms with E-state index in [0.29, 0.717) is 5.56 Å². The molecule has 0 saturated heterocycles. The molecule has 0 atom stereocenters. The molecular formula is C12H14F2O3. The molecule has 1 aromatic carbocycles. The van der Waals surface area contributed by atoms with Gasteiger partial charge >= 0.3 is 6.16 Å². The number of ether oxygens (including phenoxy) is 2. The van der Waals surface area contributed by atoms with E-state index in [-0.39, 0.29) is 6.61 Å². The Bertz CT molecular complexity index is 411. The minimum Gasteiger partial charge on any atom is -0.429 e. The maximum Gasteiger partial charge on any atom is 0.509 e. The molecule has 94 valence electrons. The monoisotopic (exact) mass is 244 g/mol. The highest BCUT2D eigenvalue weighted by Gasteiger charge is 2.17. The van der Waals surface area contributed by atoms with Crippen molar-refractivity contribution < 1.29 is 23.0 Å². The molecule has 0 fully saturated rings. The Morgan fingerprint density at radius 1 is 1.24 bits per heavy atom. The van der Waals surface area contributed by atoms with Gasteiger partial charge in [-0.25, -0.2) is 13.6 Å². The van der Waals surface area contributed by atoms with Crippen LogP contribution in [0.4, 0.5) is 13.6 Å². The van der Waals surface area contributed by atoms with E-state index in [2.05, 4.69) is 0 Å². The van der Waals surface area contributed by atoms with E-state index in [1.807, 2.05) is 0 Å². The van der Waals surface area contributed by atoms with Crippen LogP contribution in [0.1, 0.15) is 26.3 Å². The van der Waals surface area contributed by atoms with Crippen LogP contribution in [-0.4, -0.2) is 11.8 Å². The molecule has 0 aromatic heterocycles. The zero-order valence-electron chi connectivity index (χ0n) is 9.92. The molecule has 0 heterocycles. The Hall–Kier alpha value is -1.65. The predicted octanol–water partition coefficient (Wildman–Crippen LogP) is 3.42. The number of carbonyl (C=O) groups is 1. The second-order valence-corrected chi connectivity index (χ2v) is 4.50. The molecule has 0 bridgehead atoms.